The van der Waals surface area contributed by atoms with Crippen LogP contribution in [0.15, 0.2) is 18.2 Å². The summed E-state index contributed by atoms with van der Waals surface area (Å²) in [6.45, 7) is 7.69. The van der Waals surface area contributed by atoms with Gasteiger partial charge >= 0.3 is 0 Å². The molecule has 1 fully saturated rings. The number of Topliss-reactive ketones (excluding diaryl/α,β-unsaturated/α-hetero) is 1. The Morgan fingerprint density at radius 2 is 2.00 bits per heavy atom. The quantitative estimate of drug-likeness (QED) is 0.763. The number of benzene rings is 1. The average Bonchev–Trinajstić information content (AvgIpc) is 2.41. The maximum Gasteiger partial charge on any atom is 0.159 e. The Morgan fingerprint density at radius 1 is 1.26 bits per heavy atom. The molecular formula is C16H23NO2. The minimum absolute atomic E-state index is 0.1000. The number of carbonyl (C=O) groups excluding carboxylic acids is 1. The number of hydrogen-bond acceptors (Lipinski definition) is 3. The van der Waals surface area contributed by atoms with E-state index in [9.17, 15) is 4.79 Å². The van der Waals surface area contributed by atoms with Gasteiger partial charge in [-0.15, -0.1) is 0 Å². The van der Waals surface area contributed by atoms with Gasteiger partial charge in [-0.1, -0.05) is 6.42 Å². The summed E-state index contributed by atoms with van der Waals surface area (Å²) in [5.74, 6) is 0.991. The zero-order chi connectivity index (χ0) is 13.7. The largest absolute Gasteiger partial charge is 0.492 e. The Hall–Kier alpha value is -1.35. The van der Waals surface area contributed by atoms with Crippen molar-refractivity contribution in [2.75, 3.05) is 26.2 Å². The van der Waals surface area contributed by atoms with Gasteiger partial charge in [-0.05, 0) is 63.5 Å². The fourth-order valence-corrected chi connectivity index (χ4v) is 2.50. The molecule has 0 N–H and O–H groups in total. The summed E-state index contributed by atoms with van der Waals surface area (Å²) in [6, 6.07) is 5.65. The summed E-state index contributed by atoms with van der Waals surface area (Å²) in [6.07, 6.45) is 3.99. The molecule has 0 amide bonds. The summed E-state index contributed by atoms with van der Waals surface area (Å²) in [5.41, 5.74) is 1.78. The van der Waals surface area contributed by atoms with Gasteiger partial charge in [0.15, 0.2) is 5.78 Å². The highest BCUT2D eigenvalue weighted by atomic mass is 16.5. The van der Waals surface area contributed by atoms with Crippen LogP contribution in [-0.4, -0.2) is 36.9 Å². The van der Waals surface area contributed by atoms with Crippen molar-refractivity contribution in [2.24, 2.45) is 0 Å². The average molecular weight is 261 g/mol. The third-order valence-corrected chi connectivity index (χ3v) is 3.70. The molecule has 0 atom stereocenters. The molecule has 0 spiro atoms. The van der Waals surface area contributed by atoms with Gasteiger partial charge in [0.25, 0.3) is 0 Å². The monoisotopic (exact) mass is 261 g/mol. The van der Waals surface area contributed by atoms with Crippen LogP contribution in [0.1, 0.15) is 42.1 Å². The standard InChI is InChI=1S/C16H23NO2/c1-13-12-15(14(2)18)6-7-16(13)19-11-10-17-8-4-3-5-9-17/h6-7,12H,3-5,8-11H2,1-2H3. The second-order valence-corrected chi connectivity index (χ2v) is 5.29. The fraction of sp³-hybridized carbons (Fsp3) is 0.562. The van der Waals surface area contributed by atoms with Gasteiger partial charge in [0.2, 0.25) is 0 Å². The van der Waals surface area contributed by atoms with Crippen LogP contribution in [0.2, 0.25) is 0 Å². The predicted molar refractivity (Wildman–Crippen MR) is 77.0 cm³/mol. The first-order chi connectivity index (χ1) is 9.16. The highest BCUT2D eigenvalue weighted by Gasteiger charge is 2.10. The molecule has 2 rings (SSSR count). The Labute approximate surface area is 115 Å². The van der Waals surface area contributed by atoms with E-state index < -0.39 is 0 Å². The molecule has 0 radical (unpaired) electrons. The molecule has 0 saturated carbocycles. The number of rotatable bonds is 5. The molecule has 19 heavy (non-hydrogen) atoms. The smallest absolute Gasteiger partial charge is 0.159 e. The van der Waals surface area contributed by atoms with Crippen molar-refractivity contribution in [1.82, 2.24) is 4.90 Å². The van der Waals surface area contributed by atoms with Crippen molar-refractivity contribution in [2.45, 2.75) is 33.1 Å². The van der Waals surface area contributed by atoms with Crippen LogP contribution in [0, 0.1) is 6.92 Å². The van der Waals surface area contributed by atoms with Gasteiger partial charge in [0.1, 0.15) is 12.4 Å². The van der Waals surface area contributed by atoms with Gasteiger partial charge < -0.3 is 4.74 Å². The van der Waals surface area contributed by atoms with E-state index in [1.165, 1.54) is 32.4 Å². The molecule has 104 valence electrons. The molecule has 3 heteroatoms. The van der Waals surface area contributed by atoms with Crippen LogP contribution < -0.4 is 4.74 Å². The molecular weight excluding hydrogens is 238 g/mol. The molecule has 0 aliphatic carbocycles. The molecule has 1 aromatic rings. The molecule has 0 aromatic heterocycles. The zero-order valence-electron chi connectivity index (χ0n) is 11.9. The van der Waals surface area contributed by atoms with Crippen molar-refractivity contribution in [3.63, 3.8) is 0 Å². The van der Waals surface area contributed by atoms with Crippen molar-refractivity contribution >= 4 is 5.78 Å². The van der Waals surface area contributed by atoms with Crippen LogP contribution in [0.3, 0.4) is 0 Å². The van der Waals surface area contributed by atoms with E-state index in [1.807, 2.05) is 25.1 Å². The van der Waals surface area contributed by atoms with E-state index in [0.29, 0.717) is 0 Å². The van der Waals surface area contributed by atoms with E-state index in [4.69, 9.17) is 4.74 Å². The number of aryl methyl sites for hydroxylation is 1. The molecule has 1 saturated heterocycles. The first kappa shape index (κ1) is 14.1. The van der Waals surface area contributed by atoms with E-state index >= 15 is 0 Å². The molecule has 0 unspecified atom stereocenters. The molecule has 1 aromatic carbocycles. The molecule has 1 aliphatic rings. The zero-order valence-corrected chi connectivity index (χ0v) is 11.9. The van der Waals surface area contributed by atoms with Gasteiger partial charge in [-0.25, -0.2) is 0 Å². The summed E-state index contributed by atoms with van der Waals surface area (Å²) in [5, 5.41) is 0. The first-order valence-corrected chi connectivity index (χ1v) is 7.13. The molecule has 3 nitrogen and oxygen atoms in total. The second-order valence-electron chi connectivity index (χ2n) is 5.29. The van der Waals surface area contributed by atoms with E-state index in [2.05, 4.69) is 4.90 Å². The van der Waals surface area contributed by atoms with Crippen molar-refractivity contribution in [3.05, 3.63) is 29.3 Å². The van der Waals surface area contributed by atoms with Crippen LogP contribution in [0.5, 0.6) is 5.75 Å². The maximum absolute atomic E-state index is 11.3. The molecule has 1 aliphatic heterocycles. The topological polar surface area (TPSA) is 29.5 Å². The Bertz CT molecular complexity index is 436. The Kier molecular flexibility index (Phi) is 4.97. The summed E-state index contributed by atoms with van der Waals surface area (Å²) in [4.78, 5) is 13.7. The fourth-order valence-electron chi connectivity index (χ4n) is 2.50. The van der Waals surface area contributed by atoms with E-state index in [1.54, 1.807) is 6.92 Å². The van der Waals surface area contributed by atoms with Crippen molar-refractivity contribution in [1.29, 1.82) is 0 Å². The lowest BCUT2D eigenvalue weighted by atomic mass is 10.1. The number of likely N-dealkylation sites (tertiary alicyclic amines) is 1. The lowest BCUT2D eigenvalue weighted by Crippen LogP contribution is -2.33. The highest BCUT2D eigenvalue weighted by molar-refractivity contribution is 5.94. The predicted octanol–water partition coefficient (Wildman–Crippen LogP) is 3.06. The third kappa shape index (κ3) is 4.06. The number of ketones is 1. The number of hydrogen-bond donors (Lipinski definition) is 0. The summed E-state index contributed by atoms with van der Waals surface area (Å²) >= 11 is 0. The first-order valence-electron chi connectivity index (χ1n) is 7.13. The number of piperidine rings is 1. The van der Waals surface area contributed by atoms with Gasteiger partial charge in [-0.3, -0.25) is 9.69 Å². The molecule has 0 bridgehead atoms. The Morgan fingerprint density at radius 3 is 2.63 bits per heavy atom. The SMILES string of the molecule is CC(=O)c1ccc(OCCN2CCCCC2)c(C)c1. The lowest BCUT2D eigenvalue weighted by Gasteiger charge is -2.26. The summed E-state index contributed by atoms with van der Waals surface area (Å²) < 4.78 is 5.82. The van der Waals surface area contributed by atoms with E-state index in [-0.39, 0.29) is 5.78 Å². The maximum atomic E-state index is 11.3. The van der Waals surface area contributed by atoms with Crippen LogP contribution in [-0.2, 0) is 0 Å². The van der Waals surface area contributed by atoms with Crippen LogP contribution in [0.25, 0.3) is 0 Å². The number of carbonyl (C=O) groups is 1. The highest BCUT2D eigenvalue weighted by Crippen LogP contribution is 2.19. The lowest BCUT2D eigenvalue weighted by molar-refractivity contribution is 0.101. The second kappa shape index (κ2) is 6.71. The third-order valence-electron chi connectivity index (χ3n) is 3.70. The van der Waals surface area contributed by atoms with Gasteiger partial charge in [0, 0.05) is 12.1 Å². The normalized spacial score (nSPS) is 16.3. The van der Waals surface area contributed by atoms with Crippen LogP contribution in [0.4, 0.5) is 0 Å². The minimum Gasteiger partial charge on any atom is -0.492 e. The molecule has 1 heterocycles. The summed E-state index contributed by atoms with van der Waals surface area (Å²) in [7, 11) is 0. The van der Waals surface area contributed by atoms with Crippen molar-refractivity contribution in [3.8, 4) is 5.75 Å². The number of ether oxygens (including phenoxy) is 1. The van der Waals surface area contributed by atoms with Gasteiger partial charge in [0.05, 0.1) is 0 Å². The number of nitrogens with zero attached hydrogens (tertiary/aromatic N) is 1. The van der Waals surface area contributed by atoms with Crippen LogP contribution >= 0.6 is 0 Å². The Balaban J connectivity index is 1.83. The van der Waals surface area contributed by atoms with E-state index in [0.717, 1.165) is 30.0 Å². The van der Waals surface area contributed by atoms with Crippen molar-refractivity contribution < 1.29 is 9.53 Å². The van der Waals surface area contributed by atoms with Gasteiger partial charge in [-0.2, -0.15) is 0 Å². The minimum atomic E-state index is 0.1000.